The number of carbonyl (C=O) groups excluding carboxylic acids is 2. The van der Waals surface area contributed by atoms with Gasteiger partial charge in [0, 0.05) is 44.6 Å². The smallest absolute Gasteiger partial charge is 0.319 e. The summed E-state index contributed by atoms with van der Waals surface area (Å²) in [6.07, 6.45) is 4.79. The van der Waals surface area contributed by atoms with Crippen molar-refractivity contribution in [3.8, 4) is 0 Å². The minimum atomic E-state index is -0.0957. The van der Waals surface area contributed by atoms with E-state index in [4.69, 9.17) is 0 Å². The van der Waals surface area contributed by atoms with Crippen LogP contribution in [0.25, 0.3) is 0 Å². The molecule has 0 aromatic carbocycles. The minimum Gasteiger partial charge on any atom is -0.349 e. The fourth-order valence-electron chi connectivity index (χ4n) is 2.68. The lowest BCUT2D eigenvalue weighted by atomic mass is 10.0. The number of hydrogen-bond acceptors (Lipinski definition) is 3. The van der Waals surface area contributed by atoms with Crippen molar-refractivity contribution < 1.29 is 9.59 Å². The predicted octanol–water partition coefficient (Wildman–Crippen LogP) is 1.74. The zero-order chi connectivity index (χ0) is 15.9. The summed E-state index contributed by atoms with van der Waals surface area (Å²) in [6.45, 7) is 6.81. The zero-order valence-electron chi connectivity index (χ0n) is 13.3. The van der Waals surface area contributed by atoms with Crippen molar-refractivity contribution in [2.45, 2.75) is 32.7 Å². The van der Waals surface area contributed by atoms with Gasteiger partial charge in [0.2, 0.25) is 0 Å². The Morgan fingerprint density at radius 2 is 2.00 bits per heavy atom. The number of piperidine rings is 1. The molecule has 1 aliphatic rings. The molecule has 0 spiro atoms. The molecule has 1 fully saturated rings. The molecule has 0 saturated carbocycles. The third kappa shape index (κ3) is 3.96. The van der Waals surface area contributed by atoms with Gasteiger partial charge in [0.25, 0.3) is 5.91 Å². The molecule has 22 heavy (non-hydrogen) atoms. The van der Waals surface area contributed by atoms with Crippen LogP contribution in [0.2, 0.25) is 0 Å². The summed E-state index contributed by atoms with van der Waals surface area (Å²) in [4.78, 5) is 32.0. The Labute approximate surface area is 131 Å². The van der Waals surface area contributed by atoms with Gasteiger partial charge in [-0.25, -0.2) is 4.79 Å². The Morgan fingerprint density at radius 3 is 2.55 bits per heavy atom. The van der Waals surface area contributed by atoms with Crippen LogP contribution in [0.5, 0.6) is 0 Å². The van der Waals surface area contributed by atoms with E-state index in [-0.39, 0.29) is 18.0 Å². The molecular formula is C16H24N4O2. The molecule has 0 atom stereocenters. The van der Waals surface area contributed by atoms with E-state index in [1.807, 2.05) is 23.6 Å². The van der Waals surface area contributed by atoms with Crippen LogP contribution in [0.1, 0.15) is 37.0 Å². The number of amides is 3. The first-order valence-corrected chi connectivity index (χ1v) is 7.90. The number of urea groups is 1. The van der Waals surface area contributed by atoms with Crippen LogP contribution >= 0.6 is 0 Å². The number of hydrogen-bond donors (Lipinski definition) is 1. The molecule has 1 aromatic rings. The summed E-state index contributed by atoms with van der Waals surface area (Å²) in [6, 6.07) is 3.72. The van der Waals surface area contributed by atoms with Gasteiger partial charge in [-0.2, -0.15) is 0 Å². The average molecular weight is 304 g/mol. The van der Waals surface area contributed by atoms with Crippen molar-refractivity contribution in [1.29, 1.82) is 0 Å². The van der Waals surface area contributed by atoms with Gasteiger partial charge in [-0.1, -0.05) is 0 Å². The third-order valence-corrected chi connectivity index (χ3v) is 4.06. The molecule has 0 radical (unpaired) electrons. The second-order valence-electron chi connectivity index (χ2n) is 5.43. The van der Waals surface area contributed by atoms with Gasteiger partial charge < -0.3 is 15.1 Å². The van der Waals surface area contributed by atoms with Crippen LogP contribution in [0.15, 0.2) is 24.5 Å². The summed E-state index contributed by atoms with van der Waals surface area (Å²) in [5, 5.41) is 3.02. The third-order valence-electron chi connectivity index (χ3n) is 4.06. The Balaban J connectivity index is 1.82. The molecule has 1 aromatic heterocycles. The fraction of sp³-hybridized carbons (Fsp3) is 0.562. The number of pyridine rings is 1. The van der Waals surface area contributed by atoms with E-state index in [0.29, 0.717) is 18.7 Å². The largest absolute Gasteiger partial charge is 0.349 e. The maximum Gasteiger partial charge on any atom is 0.319 e. The number of rotatable bonds is 4. The average Bonchev–Trinajstić information content (AvgIpc) is 2.57. The van der Waals surface area contributed by atoms with Crippen LogP contribution < -0.4 is 5.32 Å². The molecule has 1 saturated heterocycles. The SMILES string of the molecule is CCN(CC)C(=O)N1CCC(NC(=O)c2cccnc2)CC1. The molecule has 2 rings (SSSR count). The van der Waals surface area contributed by atoms with Crippen molar-refractivity contribution in [2.75, 3.05) is 26.2 Å². The first kappa shape index (κ1) is 16.3. The summed E-state index contributed by atoms with van der Waals surface area (Å²) in [5.41, 5.74) is 0.573. The number of nitrogens with one attached hydrogen (secondary N) is 1. The van der Waals surface area contributed by atoms with E-state index in [0.717, 1.165) is 25.9 Å². The first-order valence-electron chi connectivity index (χ1n) is 7.90. The lowest BCUT2D eigenvalue weighted by molar-refractivity contribution is 0.0911. The molecular weight excluding hydrogens is 280 g/mol. The van der Waals surface area contributed by atoms with Crippen molar-refractivity contribution in [3.05, 3.63) is 30.1 Å². The Hall–Kier alpha value is -2.11. The molecule has 3 amide bonds. The van der Waals surface area contributed by atoms with Crippen LogP contribution in [-0.4, -0.2) is 58.9 Å². The van der Waals surface area contributed by atoms with Crippen molar-refractivity contribution in [3.63, 3.8) is 0 Å². The quantitative estimate of drug-likeness (QED) is 0.921. The molecule has 6 heteroatoms. The van der Waals surface area contributed by atoms with Gasteiger partial charge in [-0.05, 0) is 38.8 Å². The molecule has 0 bridgehead atoms. The summed E-state index contributed by atoms with van der Waals surface area (Å²) in [5.74, 6) is -0.0957. The summed E-state index contributed by atoms with van der Waals surface area (Å²) < 4.78 is 0. The Bertz CT molecular complexity index is 494. The van der Waals surface area contributed by atoms with Gasteiger partial charge >= 0.3 is 6.03 Å². The van der Waals surface area contributed by atoms with E-state index in [1.54, 1.807) is 24.5 Å². The van der Waals surface area contributed by atoms with Crippen molar-refractivity contribution in [1.82, 2.24) is 20.1 Å². The molecule has 1 aliphatic heterocycles. The van der Waals surface area contributed by atoms with Crippen molar-refractivity contribution >= 4 is 11.9 Å². The minimum absolute atomic E-state index is 0.0957. The van der Waals surface area contributed by atoms with Gasteiger partial charge in [0.15, 0.2) is 0 Å². The van der Waals surface area contributed by atoms with Gasteiger partial charge in [-0.15, -0.1) is 0 Å². The topological polar surface area (TPSA) is 65.5 Å². The lowest BCUT2D eigenvalue weighted by Gasteiger charge is -2.35. The van der Waals surface area contributed by atoms with E-state index in [1.165, 1.54) is 0 Å². The van der Waals surface area contributed by atoms with Gasteiger partial charge in [-0.3, -0.25) is 9.78 Å². The van der Waals surface area contributed by atoms with Gasteiger partial charge in [0.1, 0.15) is 0 Å². The molecule has 0 aliphatic carbocycles. The van der Waals surface area contributed by atoms with Crippen LogP contribution in [0.4, 0.5) is 4.79 Å². The summed E-state index contributed by atoms with van der Waals surface area (Å²) in [7, 11) is 0. The van der Waals surface area contributed by atoms with E-state index in [9.17, 15) is 9.59 Å². The highest BCUT2D eigenvalue weighted by molar-refractivity contribution is 5.94. The van der Waals surface area contributed by atoms with Gasteiger partial charge in [0.05, 0.1) is 5.56 Å². The normalized spacial score (nSPS) is 15.5. The Morgan fingerprint density at radius 1 is 1.32 bits per heavy atom. The highest BCUT2D eigenvalue weighted by Gasteiger charge is 2.26. The fourth-order valence-corrected chi connectivity index (χ4v) is 2.68. The molecule has 1 N–H and O–H groups in total. The number of carbonyl (C=O) groups is 2. The second-order valence-corrected chi connectivity index (χ2v) is 5.43. The van der Waals surface area contributed by atoms with Crippen LogP contribution in [-0.2, 0) is 0 Å². The first-order chi connectivity index (χ1) is 10.7. The number of aromatic nitrogens is 1. The monoisotopic (exact) mass is 304 g/mol. The Kier molecular flexibility index (Phi) is 5.75. The maximum atomic E-state index is 12.3. The highest BCUT2D eigenvalue weighted by atomic mass is 16.2. The van der Waals surface area contributed by atoms with E-state index >= 15 is 0 Å². The predicted molar refractivity (Wildman–Crippen MR) is 84.6 cm³/mol. The van der Waals surface area contributed by atoms with Crippen LogP contribution in [0.3, 0.4) is 0 Å². The van der Waals surface area contributed by atoms with E-state index < -0.39 is 0 Å². The lowest BCUT2D eigenvalue weighted by Crippen LogP contribution is -2.50. The highest BCUT2D eigenvalue weighted by Crippen LogP contribution is 2.13. The molecule has 120 valence electrons. The van der Waals surface area contributed by atoms with E-state index in [2.05, 4.69) is 10.3 Å². The standard InChI is InChI=1S/C16H24N4O2/c1-3-19(4-2)16(22)20-10-7-14(8-11-20)18-15(21)13-6-5-9-17-12-13/h5-6,9,12,14H,3-4,7-8,10-11H2,1-2H3,(H,18,21). The molecule has 0 unspecified atom stereocenters. The zero-order valence-corrected chi connectivity index (χ0v) is 13.3. The number of nitrogens with zero attached hydrogens (tertiary/aromatic N) is 3. The van der Waals surface area contributed by atoms with Crippen LogP contribution in [0, 0.1) is 0 Å². The second kappa shape index (κ2) is 7.77. The summed E-state index contributed by atoms with van der Waals surface area (Å²) >= 11 is 0. The van der Waals surface area contributed by atoms with Crippen molar-refractivity contribution in [2.24, 2.45) is 0 Å². The molecule has 2 heterocycles. The number of likely N-dealkylation sites (tertiary alicyclic amines) is 1. The maximum absolute atomic E-state index is 12.3. The molecule has 6 nitrogen and oxygen atoms in total.